The first-order valence-electron chi connectivity index (χ1n) is 7.38. The summed E-state index contributed by atoms with van der Waals surface area (Å²) in [5.41, 5.74) is -0.447. The Morgan fingerprint density at radius 2 is 2.14 bits per heavy atom. The number of hydrogen-bond donors (Lipinski definition) is 1. The lowest BCUT2D eigenvalue weighted by Crippen LogP contribution is -2.53. The van der Waals surface area contributed by atoms with Gasteiger partial charge in [0.05, 0.1) is 0 Å². The zero-order chi connectivity index (χ0) is 15.0. The minimum atomic E-state index is -0.447. The van der Waals surface area contributed by atoms with E-state index in [1.165, 1.54) is 0 Å². The van der Waals surface area contributed by atoms with Gasteiger partial charge in [-0.05, 0) is 27.2 Å². The van der Waals surface area contributed by atoms with E-state index in [4.69, 9.17) is 4.74 Å². The number of nitrogens with zero attached hydrogens (tertiary/aromatic N) is 5. The first-order valence-corrected chi connectivity index (χ1v) is 7.38. The minimum absolute atomic E-state index is 0.217. The van der Waals surface area contributed by atoms with Crippen molar-refractivity contribution >= 4 is 6.09 Å². The van der Waals surface area contributed by atoms with Gasteiger partial charge in [-0.2, -0.15) is 5.21 Å². The predicted octanol–water partition coefficient (Wildman–Crippen LogP) is 0.608. The summed E-state index contributed by atoms with van der Waals surface area (Å²) in [6.45, 7) is 8.91. The van der Waals surface area contributed by atoms with Crippen molar-refractivity contribution in [3.63, 3.8) is 0 Å². The zero-order valence-corrected chi connectivity index (χ0v) is 12.7. The summed E-state index contributed by atoms with van der Waals surface area (Å²) in [7, 11) is 0. The average molecular weight is 294 g/mol. The van der Waals surface area contributed by atoms with Crippen LogP contribution in [0.25, 0.3) is 0 Å². The molecule has 2 aliphatic heterocycles. The molecule has 0 bridgehead atoms. The lowest BCUT2D eigenvalue weighted by atomic mass is 10.0. The highest BCUT2D eigenvalue weighted by Gasteiger charge is 2.40. The van der Waals surface area contributed by atoms with Crippen LogP contribution in [-0.4, -0.2) is 74.3 Å². The van der Waals surface area contributed by atoms with E-state index in [9.17, 15) is 4.79 Å². The molecular formula is C13H22N6O2. The van der Waals surface area contributed by atoms with Crippen LogP contribution in [0.4, 0.5) is 4.79 Å². The number of piperazine rings is 1. The Hall–Kier alpha value is -1.70. The standard InChI is InChI=1S/C13H22N6O2/c1-13(2,3)21-12(20)19-5-4-18-7-9(6-10(18)8-19)11-14-16-17-15-11/h9-10H,4-8H2,1-3H3,(H,14,15,16,17). The van der Waals surface area contributed by atoms with Gasteiger partial charge in [0, 0.05) is 38.1 Å². The number of carbonyl (C=O) groups is 1. The first kappa shape index (κ1) is 14.2. The molecule has 116 valence electrons. The molecule has 21 heavy (non-hydrogen) atoms. The van der Waals surface area contributed by atoms with E-state index < -0.39 is 5.60 Å². The number of amides is 1. The van der Waals surface area contributed by atoms with Crippen molar-refractivity contribution in [2.75, 3.05) is 26.2 Å². The van der Waals surface area contributed by atoms with Gasteiger partial charge in [0.25, 0.3) is 0 Å². The lowest BCUT2D eigenvalue weighted by molar-refractivity contribution is 0.00925. The van der Waals surface area contributed by atoms with Gasteiger partial charge in [-0.3, -0.25) is 4.90 Å². The van der Waals surface area contributed by atoms with Crippen molar-refractivity contribution in [1.29, 1.82) is 0 Å². The first-order chi connectivity index (χ1) is 9.92. The molecule has 2 unspecified atom stereocenters. The Balaban J connectivity index is 1.60. The second-order valence-corrected chi connectivity index (χ2v) is 6.78. The van der Waals surface area contributed by atoms with Crippen LogP contribution in [0, 0.1) is 0 Å². The number of ether oxygens (including phenoxy) is 1. The summed E-state index contributed by atoms with van der Waals surface area (Å²) >= 11 is 0. The third-order valence-corrected chi connectivity index (χ3v) is 3.99. The van der Waals surface area contributed by atoms with Crippen molar-refractivity contribution in [3.05, 3.63) is 5.82 Å². The molecule has 1 amide bonds. The molecule has 1 N–H and O–H groups in total. The molecule has 3 rings (SSSR count). The summed E-state index contributed by atoms with van der Waals surface area (Å²) in [5, 5.41) is 14.3. The molecule has 2 saturated heterocycles. The molecule has 0 radical (unpaired) electrons. The number of rotatable bonds is 1. The smallest absolute Gasteiger partial charge is 0.410 e. The zero-order valence-electron chi connectivity index (χ0n) is 12.7. The van der Waals surface area contributed by atoms with Gasteiger partial charge in [-0.15, -0.1) is 10.2 Å². The summed E-state index contributed by atoms with van der Waals surface area (Å²) in [4.78, 5) is 16.4. The molecule has 2 atom stereocenters. The van der Waals surface area contributed by atoms with Gasteiger partial charge in [0.1, 0.15) is 5.60 Å². The Kier molecular flexibility index (Phi) is 3.56. The fourth-order valence-corrected chi connectivity index (χ4v) is 3.06. The molecule has 8 heteroatoms. The normalized spacial score (nSPS) is 26.7. The van der Waals surface area contributed by atoms with Crippen LogP contribution in [-0.2, 0) is 4.74 Å². The minimum Gasteiger partial charge on any atom is -0.444 e. The van der Waals surface area contributed by atoms with Gasteiger partial charge in [-0.25, -0.2) is 4.79 Å². The SMILES string of the molecule is CC(C)(C)OC(=O)N1CCN2CC(c3nn[nH]n3)CC2C1. The highest BCUT2D eigenvalue weighted by Crippen LogP contribution is 2.31. The van der Waals surface area contributed by atoms with E-state index in [-0.39, 0.29) is 6.09 Å². The van der Waals surface area contributed by atoms with Crippen molar-refractivity contribution in [3.8, 4) is 0 Å². The summed E-state index contributed by atoms with van der Waals surface area (Å²) in [6, 6.07) is 0.356. The van der Waals surface area contributed by atoms with E-state index in [2.05, 4.69) is 25.5 Å². The monoisotopic (exact) mass is 294 g/mol. The van der Waals surface area contributed by atoms with E-state index in [0.717, 1.165) is 25.3 Å². The molecule has 0 aromatic carbocycles. The fraction of sp³-hybridized carbons (Fsp3) is 0.846. The number of fused-ring (bicyclic) bond motifs is 1. The Bertz CT molecular complexity index is 497. The van der Waals surface area contributed by atoms with Crippen molar-refractivity contribution < 1.29 is 9.53 Å². The number of aromatic nitrogens is 4. The van der Waals surface area contributed by atoms with Gasteiger partial charge in [0.15, 0.2) is 5.82 Å². The highest BCUT2D eigenvalue weighted by atomic mass is 16.6. The van der Waals surface area contributed by atoms with Crippen LogP contribution in [0.15, 0.2) is 0 Å². The number of hydrogen-bond acceptors (Lipinski definition) is 6. The molecule has 2 aliphatic rings. The number of aromatic amines is 1. The Labute approximate surface area is 123 Å². The number of nitrogens with one attached hydrogen (secondary N) is 1. The molecule has 0 spiro atoms. The maximum absolute atomic E-state index is 12.2. The van der Waals surface area contributed by atoms with Crippen molar-refractivity contribution in [1.82, 2.24) is 30.4 Å². The molecular weight excluding hydrogens is 272 g/mol. The van der Waals surface area contributed by atoms with E-state index >= 15 is 0 Å². The van der Waals surface area contributed by atoms with Crippen LogP contribution < -0.4 is 0 Å². The fourth-order valence-electron chi connectivity index (χ4n) is 3.06. The summed E-state index contributed by atoms with van der Waals surface area (Å²) in [5.74, 6) is 1.07. The van der Waals surface area contributed by atoms with Gasteiger partial charge in [-0.1, -0.05) is 5.21 Å². The maximum atomic E-state index is 12.2. The van der Waals surface area contributed by atoms with Crippen LogP contribution in [0.1, 0.15) is 38.9 Å². The van der Waals surface area contributed by atoms with Crippen LogP contribution in [0.2, 0.25) is 0 Å². The Morgan fingerprint density at radius 3 is 2.81 bits per heavy atom. The van der Waals surface area contributed by atoms with Gasteiger partial charge < -0.3 is 9.64 Å². The second kappa shape index (κ2) is 5.25. The molecule has 1 aromatic rings. The van der Waals surface area contributed by atoms with Crippen LogP contribution in [0.5, 0.6) is 0 Å². The summed E-state index contributed by atoms with van der Waals surface area (Å²) in [6.07, 6.45) is 0.740. The number of tetrazole rings is 1. The topological polar surface area (TPSA) is 87.2 Å². The summed E-state index contributed by atoms with van der Waals surface area (Å²) < 4.78 is 5.45. The van der Waals surface area contributed by atoms with Crippen molar-refractivity contribution in [2.24, 2.45) is 0 Å². The van der Waals surface area contributed by atoms with Gasteiger partial charge >= 0.3 is 6.09 Å². The van der Waals surface area contributed by atoms with E-state index in [0.29, 0.717) is 25.0 Å². The number of carbonyl (C=O) groups excluding carboxylic acids is 1. The van der Waals surface area contributed by atoms with E-state index in [1.807, 2.05) is 25.7 Å². The third-order valence-electron chi connectivity index (χ3n) is 3.99. The Morgan fingerprint density at radius 1 is 1.33 bits per heavy atom. The van der Waals surface area contributed by atoms with Crippen LogP contribution in [0.3, 0.4) is 0 Å². The van der Waals surface area contributed by atoms with Gasteiger partial charge in [0.2, 0.25) is 0 Å². The second-order valence-electron chi connectivity index (χ2n) is 6.78. The maximum Gasteiger partial charge on any atom is 0.410 e. The predicted molar refractivity (Wildman–Crippen MR) is 74.7 cm³/mol. The molecule has 2 fully saturated rings. The molecule has 0 aliphatic carbocycles. The largest absolute Gasteiger partial charge is 0.444 e. The average Bonchev–Trinajstić information content (AvgIpc) is 3.04. The molecule has 1 aromatic heterocycles. The third kappa shape index (κ3) is 3.15. The molecule has 3 heterocycles. The molecule has 8 nitrogen and oxygen atoms in total. The molecule has 0 saturated carbocycles. The van der Waals surface area contributed by atoms with Crippen molar-refractivity contribution in [2.45, 2.75) is 44.8 Å². The highest BCUT2D eigenvalue weighted by molar-refractivity contribution is 5.68. The van der Waals surface area contributed by atoms with Crippen LogP contribution >= 0.6 is 0 Å². The lowest BCUT2D eigenvalue weighted by Gasteiger charge is -2.37. The number of H-pyrrole nitrogens is 1. The van der Waals surface area contributed by atoms with E-state index in [1.54, 1.807) is 0 Å². The quantitative estimate of drug-likeness (QED) is 0.816.